The number of likely N-dealkylation sites (tertiary alicyclic amines) is 1. The first-order chi connectivity index (χ1) is 23.1. The minimum atomic E-state index is -4.25. The van der Waals surface area contributed by atoms with Crippen molar-refractivity contribution in [2.75, 3.05) is 18.4 Å². The van der Waals surface area contributed by atoms with Crippen LogP contribution in [0.25, 0.3) is 21.1 Å². The molecule has 1 aliphatic heterocycles. The van der Waals surface area contributed by atoms with Gasteiger partial charge in [0, 0.05) is 65.6 Å². The molecular weight excluding hydrogens is 632 g/mol. The van der Waals surface area contributed by atoms with E-state index in [2.05, 4.69) is 67.8 Å². The molecule has 1 aromatic carbocycles. The Morgan fingerprint density at radius 3 is 2.42 bits per heavy atom. The van der Waals surface area contributed by atoms with E-state index in [1.807, 2.05) is 0 Å². The van der Waals surface area contributed by atoms with Gasteiger partial charge >= 0.3 is 6.18 Å². The maximum Gasteiger partial charge on any atom is 0.393 e. The average Bonchev–Trinajstić information content (AvgIpc) is 3.98. The Morgan fingerprint density at radius 1 is 1.04 bits per heavy atom. The number of halogens is 3. The fourth-order valence-corrected chi connectivity index (χ4v) is 10.7. The van der Waals surface area contributed by atoms with Gasteiger partial charge in [0.15, 0.2) is 0 Å². The van der Waals surface area contributed by atoms with Crippen molar-refractivity contribution < 1.29 is 13.2 Å². The van der Waals surface area contributed by atoms with Crippen LogP contribution in [0.5, 0.6) is 0 Å². The largest absolute Gasteiger partial charge is 0.393 e. The number of piperidine rings is 1. The van der Waals surface area contributed by atoms with E-state index in [4.69, 9.17) is 0 Å². The van der Waals surface area contributed by atoms with E-state index >= 15 is 0 Å². The number of benzene rings is 1. The standard InChI is InChI=1S/C37H42F3N7S/c1-22-24(17-45-11-9-25(10-12-45)44-33-31-14-29(15-37(38,39)40)48-34(31)43-21-42-33)3-8-32-30(22)13-28(16-41)46(32)20-35-18-36(19-35,23(35)2)47(26-4-5-26)27-6-7-27/h3,8,13-14,21,23,25-27H,4-7,9-12,15,17-20H2,1-2H3,(H,42,43,44)/t23-,35?,36?/m0/s1. The predicted molar refractivity (Wildman–Crippen MR) is 182 cm³/mol. The maximum absolute atomic E-state index is 13.0. The smallest absolute Gasteiger partial charge is 0.367 e. The van der Waals surface area contributed by atoms with E-state index in [-0.39, 0.29) is 10.9 Å². The van der Waals surface area contributed by atoms with Crippen LogP contribution < -0.4 is 5.32 Å². The van der Waals surface area contributed by atoms with Gasteiger partial charge in [-0.2, -0.15) is 18.4 Å². The van der Waals surface area contributed by atoms with Crippen LogP contribution in [0.4, 0.5) is 19.0 Å². The Bertz CT molecular complexity index is 1920. The van der Waals surface area contributed by atoms with Crippen molar-refractivity contribution in [2.45, 2.75) is 115 Å². The summed E-state index contributed by atoms with van der Waals surface area (Å²) >= 11 is 1.08. The van der Waals surface area contributed by atoms with Gasteiger partial charge in [-0.1, -0.05) is 13.0 Å². The van der Waals surface area contributed by atoms with Gasteiger partial charge in [-0.05, 0) is 98.9 Å². The Morgan fingerprint density at radius 2 is 1.77 bits per heavy atom. The van der Waals surface area contributed by atoms with Gasteiger partial charge in [0.2, 0.25) is 0 Å². The summed E-state index contributed by atoms with van der Waals surface area (Å²) in [5.74, 6) is 1.30. The van der Waals surface area contributed by atoms with Gasteiger partial charge in [0.1, 0.15) is 28.7 Å². The number of nitriles is 1. The molecule has 0 amide bonds. The Labute approximate surface area is 283 Å². The number of thiophene rings is 1. The second kappa shape index (κ2) is 10.9. The third kappa shape index (κ3) is 5.04. The molecule has 3 aromatic heterocycles. The highest BCUT2D eigenvalue weighted by Gasteiger charge is 2.77. The summed E-state index contributed by atoms with van der Waals surface area (Å²) in [6.45, 7) is 8.31. The van der Waals surface area contributed by atoms with Crippen LogP contribution >= 0.6 is 11.3 Å². The van der Waals surface area contributed by atoms with Crippen LogP contribution in [-0.2, 0) is 19.5 Å². The van der Waals surface area contributed by atoms with Crippen molar-refractivity contribution in [1.29, 1.82) is 5.26 Å². The normalized spacial score (nSPS) is 27.7. The van der Waals surface area contributed by atoms with Crippen molar-refractivity contribution in [2.24, 2.45) is 11.3 Å². The Balaban J connectivity index is 0.857. The van der Waals surface area contributed by atoms with Gasteiger partial charge < -0.3 is 9.88 Å². The first kappa shape index (κ1) is 30.8. The molecule has 5 aliphatic carbocycles. The summed E-state index contributed by atoms with van der Waals surface area (Å²) in [5.41, 5.74) is 5.26. The summed E-state index contributed by atoms with van der Waals surface area (Å²) < 4.78 is 41.2. The lowest BCUT2D eigenvalue weighted by Crippen LogP contribution is -2.82. The molecule has 11 heteroatoms. The first-order valence-corrected chi connectivity index (χ1v) is 18.5. The summed E-state index contributed by atoms with van der Waals surface area (Å²) in [5, 5.41) is 15.6. The molecule has 7 nitrogen and oxygen atoms in total. The topological polar surface area (TPSA) is 73.0 Å². The highest BCUT2D eigenvalue weighted by atomic mass is 32.1. The Hall–Kier alpha value is -3.20. The molecule has 0 radical (unpaired) electrons. The van der Waals surface area contributed by atoms with Crippen LogP contribution in [-0.4, -0.2) is 67.3 Å². The average molecular weight is 674 g/mol. The van der Waals surface area contributed by atoms with Gasteiger partial charge in [0.25, 0.3) is 0 Å². The van der Waals surface area contributed by atoms with Gasteiger partial charge in [0.05, 0.1) is 11.8 Å². The second-order valence-electron chi connectivity index (χ2n) is 15.6. The van der Waals surface area contributed by atoms with Crippen molar-refractivity contribution in [3.63, 3.8) is 0 Å². The number of hydrogen-bond acceptors (Lipinski definition) is 7. The number of aromatic nitrogens is 3. The summed E-state index contributed by atoms with van der Waals surface area (Å²) in [6.07, 6.45) is 6.19. The number of nitrogens with zero attached hydrogens (tertiary/aromatic N) is 6. The molecule has 4 heterocycles. The number of rotatable bonds is 10. The van der Waals surface area contributed by atoms with Gasteiger partial charge in [-0.3, -0.25) is 9.80 Å². The number of anilines is 1. The van der Waals surface area contributed by atoms with Crippen LogP contribution in [0.15, 0.2) is 30.6 Å². The van der Waals surface area contributed by atoms with E-state index in [1.54, 1.807) is 6.07 Å². The molecule has 4 aromatic rings. The van der Waals surface area contributed by atoms with Crippen LogP contribution in [0.3, 0.4) is 0 Å². The summed E-state index contributed by atoms with van der Waals surface area (Å²) in [6, 6.07) is 12.6. The highest BCUT2D eigenvalue weighted by Crippen LogP contribution is 2.76. The monoisotopic (exact) mass is 673 g/mol. The minimum absolute atomic E-state index is 0.195. The third-order valence-electron chi connectivity index (χ3n) is 12.6. The lowest BCUT2D eigenvalue weighted by atomic mass is 9.32. The first-order valence-electron chi connectivity index (χ1n) is 17.7. The summed E-state index contributed by atoms with van der Waals surface area (Å²) in [7, 11) is 0. The molecule has 6 fully saturated rings. The molecule has 1 atom stereocenters. The van der Waals surface area contributed by atoms with E-state index in [0.717, 1.165) is 68.1 Å². The number of hydrogen-bond donors (Lipinski definition) is 1. The number of nitrogens with one attached hydrogen (secondary N) is 1. The molecule has 10 rings (SSSR count). The molecule has 1 saturated heterocycles. The SMILES string of the molecule is Cc1c(CN2CCC(Nc3ncnc4sc(CC(F)(F)F)cc34)CC2)ccc2c1cc(C#N)n2CC12CC(N(C3CC3)C3CC3)(C1)[C@H]2C. The molecular formula is C37H42F3N7S. The zero-order valence-electron chi connectivity index (χ0n) is 27.6. The quantitative estimate of drug-likeness (QED) is 0.185. The number of alkyl halides is 3. The molecule has 252 valence electrons. The summed E-state index contributed by atoms with van der Waals surface area (Å²) in [4.78, 5) is 14.9. The van der Waals surface area contributed by atoms with E-state index in [1.165, 1.54) is 66.9 Å². The molecule has 2 bridgehead atoms. The van der Waals surface area contributed by atoms with Crippen LogP contribution in [0.2, 0.25) is 0 Å². The lowest BCUT2D eigenvalue weighted by molar-refractivity contribution is -0.288. The fraction of sp³-hybridized carbons (Fsp3) is 0.595. The maximum atomic E-state index is 13.0. The zero-order valence-corrected chi connectivity index (χ0v) is 28.4. The molecule has 6 aliphatic rings. The number of aryl methyl sites for hydroxylation is 1. The molecule has 0 unspecified atom stereocenters. The van der Waals surface area contributed by atoms with E-state index < -0.39 is 12.6 Å². The van der Waals surface area contributed by atoms with Gasteiger partial charge in [-0.25, -0.2) is 9.97 Å². The van der Waals surface area contributed by atoms with Crippen molar-refractivity contribution in [1.82, 2.24) is 24.3 Å². The molecule has 0 spiro atoms. The zero-order chi connectivity index (χ0) is 33.0. The molecule has 48 heavy (non-hydrogen) atoms. The Kier molecular flexibility index (Phi) is 7.00. The van der Waals surface area contributed by atoms with Crippen LogP contribution in [0.1, 0.15) is 80.0 Å². The highest BCUT2D eigenvalue weighted by molar-refractivity contribution is 7.18. The third-order valence-corrected chi connectivity index (χ3v) is 13.6. The van der Waals surface area contributed by atoms with Crippen molar-refractivity contribution in [3.8, 4) is 6.07 Å². The second-order valence-corrected chi connectivity index (χ2v) is 16.7. The minimum Gasteiger partial charge on any atom is -0.367 e. The molecule has 1 N–H and O–H groups in total. The fourth-order valence-electron chi connectivity index (χ4n) is 9.72. The van der Waals surface area contributed by atoms with Crippen molar-refractivity contribution >= 4 is 38.3 Å². The van der Waals surface area contributed by atoms with E-state index in [9.17, 15) is 18.4 Å². The van der Waals surface area contributed by atoms with Gasteiger partial charge in [-0.15, -0.1) is 11.3 Å². The van der Waals surface area contributed by atoms with Crippen molar-refractivity contribution in [3.05, 3.63) is 52.3 Å². The predicted octanol–water partition coefficient (Wildman–Crippen LogP) is 7.80. The number of fused-ring (bicyclic) bond motifs is 2. The van der Waals surface area contributed by atoms with Crippen LogP contribution in [0, 0.1) is 29.6 Å². The van der Waals surface area contributed by atoms with E-state index in [0.29, 0.717) is 32.9 Å². The lowest BCUT2D eigenvalue weighted by Gasteiger charge is -2.79. The molecule has 5 saturated carbocycles.